The van der Waals surface area contributed by atoms with Gasteiger partial charge in [-0.2, -0.15) is 13.2 Å². The van der Waals surface area contributed by atoms with Gasteiger partial charge in [-0.05, 0) is 62.5 Å². The van der Waals surface area contributed by atoms with Gasteiger partial charge in [0.05, 0.1) is 0 Å². The summed E-state index contributed by atoms with van der Waals surface area (Å²) in [5.41, 5.74) is 0.555. The van der Waals surface area contributed by atoms with Gasteiger partial charge in [-0.25, -0.2) is 0 Å². The molecule has 0 spiro atoms. The molecular weight excluding hydrogens is 309 g/mol. The van der Waals surface area contributed by atoms with E-state index in [0.717, 1.165) is 32.4 Å². The van der Waals surface area contributed by atoms with E-state index in [1.807, 2.05) is 0 Å². The maximum Gasteiger partial charge on any atom is 0.422 e. The fourth-order valence-electron chi connectivity index (χ4n) is 2.53. The lowest BCUT2D eigenvalue weighted by molar-refractivity contribution is -0.153. The van der Waals surface area contributed by atoms with Gasteiger partial charge in [0.15, 0.2) is 6.61 Å². The third-order valence-corrected chi connectivity index (χ3v) is 3.78. The van der Waals surface area contributed by atoms with Crippen LogP contribution in [0.25, 0.3) is 0 Å². The number of carbonyl (C=O) groups excluding carboxylic acids is 1. The number of ether oxygens (including phenoxy) is 1. The maximum absolute atomic E-state index is 12.0. The van der Waals surface area contributed by atoms with Crippen molar-refractivity contribution in [2.45, 2.75) is 31.9 Å². The van der Waals surface area contributed by atoms with E-state index in [-0.39, 0.29) is 11.7 Å². The molecule has 4 nitrogen and oxygen atoms in total. The van der Waals surface area contributed by atoms with Crippen molar-refractivity contribution >= 4 is 11.6 Å². The Bertz CT molecular complexity index is 497. The SMILES string of the molecule is O=C(CCC1CCNCC1)Nc1ccc(OCC(F)(F)F)cc1. The van der Waals surface area contributed by atoms with E-state index in [4.69, 9.17) is 0 Å². The molecule has 2 rings (SSSR count). The van der Waals surface area contributed by atoms with Crippen LogP contribution in [0.5, 0.6) is 5.75 Å². The molecule has 128 valence electrons. The van der Waals surface area contributed by atoms with Crippen molar-refractivity contribution < 1.29 is 22.7 Å². The first kappa shape index (κ1) is 17.6. The summed E-state index contributed by atoms with van der Waals surface area (Å²) in [5, 5.41) is 6.03. The van der Waals surface area contributed by atoms with Crippen LogP contribution in [0.4, 0.5) is 18.9 Å². The Kier molecular flexibility index (Phi) is 6.27. The van der Waals surface area contributed by atoms with Crippen LogP contribution in [-0.4, -0.2) is 31.8 Å². The van der Waals surface area contributed by atoms with E-state index >= 15 is 0 Å². The number of nitrogens with one attached hydrogen (secondary N) is 2. The molecule has 0 atom stereocenters. The fraction of sp³-hybridized carbons (Fsp3) is 0.562. The molecule has 23 heavy (non-hydrogen) atoms. The van der Waals surface area contributed by atoms with Crippen LogP contribution >= 0.6 is 0 Å². The predicted molar refractivity (Wildman–Crippen MR) is 81.4 cm³/mol. The molecule has 1 amide bonds. The number of alkyl halides is 3. The molecule has 2 N–H and O–H groups in total. The van der Waals surface area contributed by atoms with Gasteiger partial charge in [0.2, 0.25) is 5.91 Å². The first-order valence-corrected chi connectivity index (χ1v) is 7.72. The van der Waals surface area contributed by atoms with E-state index in [1.54, 1.807) is 0 Å². The fourth-order valence-corrected chi connectivity index (χ4v) is 2.53. The van der Waals surface area contributed by atoms with Crippen molar-refractivity contribution in [1.82, 2.24) is 5.32 Å². The molecule has 0 aromatic heterocycles. The lowest BCUT2D eigenvalue weighted by Gasteiger charge is -2.22. The first-order valence-electron chi connectivity index (χ1n) is 7.72. The minimum atomic E-state index is -4.36. The summed E-state index contributed by atoms with van der Waals surface area (Å²) in [7, 11) is 0. The standard InChI is InChI=1S/C16H21F3N2O2/c17-16(18,19)11-23-14-4-2-13(3-5-14)21-15(22)6-1-12-7-9-20-10-8-12/h2-5,12,20H,1,6-11H2,(H,21,22). The summed E-state index contributed by atoms with van der Waals surface area (Å²) in [4.78, 5) is 11.9. The van der Waals surface area contributed by atoms with Gasteiger partial charge >= 0.3 is 6.18 Å². The number of hydrogen-bond donors (Lipinski definition) is 2. The number of piperidine rings is 1. The van der Waals surface area contributed by atoms with Crippen LogP contribution < -0.4 is 15.4 Å². The maximum atomic E-state index is 12.0. The van der Waals surface area contributed by atoms with Gasteiger partial charge in [0.1, 0.15) is 5.75 Å². The van der Waals surface area contributed by atoms with Crippen molar-refractivity contribution in [3.8, 4) is 5.75 Å². The summed E-state index contributed by atoms with van der Waals surface area (Å²) in [6.45, 7) is 0.687. The average molecular weight is 330 g/mol. The van der Waals surface area contributed by atoms with Crippen LogP contribution in [0.1, 0.15) is 25.7 Å². The quantitative estimate of drug-likeness (QED) is 0.841. The summed E-state index contributed by atoms with van der Waals surface area (Å²) < 4.78 is 40.7. The monoisotopic (exact) mass is 330 g/mol. The van der Waals surface area contributed by atoms with Gasteiger partial charge in [0.25, 0.3) is 0 Å². The second-order valence-corrected chi connectivity index (χ2v) is 5.71. The topological polar surface area (TPSA) is 50.4 Å². The Balaban J connectivity index is 1.73. The molecule has 7 heteroatoms. The van der Waals surface area contributed by atoms with Crippen molar-refractivity contribution in [1.29, 1.82) is 0 Å². The molecule has 1 aliphatic heterocycles. The zero-order valence-electron chi connectivity index (χ0n) is 12.8. The smallest absolute Gasteiger partial charge is 0.422 e. The number of anilines is 1. The van der Waals surface area contributed by atoms with E-state index in [0.29, 0.717) is 18.0 Å². The molecule has 0 unspecified atom stereocenters. The third kappa shape index (κ3) is 6.90. The summed E-state index contributed by atoms with van der Waals surface area (Å²) >= 11 is 0. The van der Waals surface area contributed by atoms with E-state index in [9.17, 15) is 18.0 Å². The van der Waals surface area contributed by atoms with Gasteiger partial charge in [-0.1, -0.05) is 0 Å². The van der Waals surface area contributed by atoms with Crippen molar-refractivity contribution in [2.24, 2.45) is 5.92 Å². The predicted octanol–water partition coefficient (Wildman–Crippen LogP) is 3.35. The van der Waals surface area contributed by atoms with Crippen LogP contribution in [0.15, 0.2) is 24.3 Å². The highest BCUT2D eigenvalue weighted by Gasteiger charge is 2.28. The molecule has 1 heterocycles. The summed E-state index contributed by atoms with van der Waals surface area (Å²) in [6, 6.07) is 5.89. The van der Waals surface area contributed by atoms with Crippen molar-refractivity contribution in [2.75, 3.05) is 25.0 Å². The highest BCUT2D eigenvalue weighted by molar-refractivity contribution is 5.90. The highest BCUT2D eigenvalue weighted by atomic mass is 19.4. The summed E-state index contributed by atoms with van der Waals surface area (Å²) in [5.74, 6) is 0.627. The number of halogens is 3. The zero-order valence-corrected chi connectivity index (χ0v) is 12.8. The Morgan fingerprint density at radius 3 is 2.48 bits per heavy atom. The number of rotatable bonds is 6. The second-order valence-electron chi connectivity index (χ2n) is 5.71. The molecule has 1 aromatic carbocycles. The van der Waals surface area contributed by atoms with Gasteiger partial charge in [0, 0.05) is 12.1 Å². The van der Waals surface area contributed by atoms with E-state index < -0.39 is 12.8 Å². The molecule has 0 aliphatic carbocycles. The second kappa shape index (κ2) is 8.19. The lowest BCUT2D eigenvalue weighted by atomic mass is 9.93. The lowest BCUT2D eigenvalue weighted by Crippen LogP contribution is -2.28. The van der Waals surface area contributed by atoms with Gasteiger partial charge in [-0.3, -0.25) is 4.79 Å². The molecule has 1 saturated heterocycles. The third-order valence-electron chi connectivity index (χ3n) is 3.78. The highest BCUT2D eigenvalue weighted by Crippen LogP contribution is 2.21. The molecular formula is C16H21F3N2O2. The Labute approximate surface area is 133 Å². The van der Waals surface area contributed by atoms with E-state index in [2.05, 4.69) is 15.4 Å². The largest absolute Gasteiger partial charge is 0.484 e. The summed E-state index contributed by atoms with van der Waals surface area (Å²) in [6.07, 6.45) is -0.851. The normalized spacial score (nSPS) is 16.1. The molecule has 1 fully saturated rings. The number of carbonyl (C=O) groups is 1. The average Bonchev–Trinajstić information content (AvgIpc) is 2.53. The van der Waals surface area contributed by atoms with Crippen molar-refractivity contribution in [3.63, 3.8) is 0 Å². The first-order chi connectivity index (χ1) is 10.9. The molecule has 0 bridgehead atoms. The molecule has 1 aliphatic rings. The van der Waals surface area contributed by atoms with Gasteiger partial charge in [-0.15, -0.1) is 0 Å². The zero-order chi connectivity index (χ0) is 16.7. The van der Waals surface area contributed by atoms with Crippen LogP contribution in [-0.2, 0) is 4.79 Å². The van der Waals surface area contributed by atoms with Crippen LogP contribution in [0.3, 0.4) is 0 Å². The molecule has 0 saturated carbocycles. The minimum absolute atomic E-state index is 0.0764. The number of hydrogen-bond acceptors (Lipinski definition) is 3. The van der Waals surface area contributed by atoms with E-state index in [1.165, 1.54) is 24.3 Å². The van der Waals surface area contributed by atoms with Crippen LogP contribution in [0.2, 0.25) is 0 Å². The Morgan fingerprint density at radius 2 is 1.87 bits per heavy atom. The Hall–Kier alpha value is -1.76. The Morgan fingerprint density at radius 1 is 1.22 bits per heavy atom. The van der Waals surface area contributed by atoms with Crippen LogP contribution in [0, 0.1) is 5.92 Å². The number of amides is 1. The minimum Gasteiger partial charge on any atom is -0.484 e. The van der Waals surface area contributed by atoms with Gasteiger partial charge < -0.3 is 15.4 Å². The van der Waals surface area contributed by atoms with Crippen molar-refractivity contribution in [3.05, 3.63) is 24.3 Å². The number of benzene rings is 1. The molecule has 0 radical (unpaired) electrons. The molecule has 1 aromatic rings.